The summed E-state index contributed by atoms with van der Waals surface area (Å²) in [6.07, 6.45) is 4.29. The van der Waals surface area contributed by atoms with Crippen LogP contribution in [0.3, 0.4) is 0 Å². The number of halogens is 5. The standard InChI is InChI=1S/C25H29F5/c1-2-3-4-17-5-9-19(10-6-17)21-13-12-20(23(26)16-21)11-7-18-8-14-22(24(27)15-18)25(28,29)30/h8,12-17,19H,2-7,9-11H2,1H3. The van der Waals surface area contributed by atoms with Crippen LogP contribution in [-0.2, 0) is 19.0 Å². The molecule has 3 rings (SSSR count). The largest absolute Gasteiger partial charge is 0.419 e. The van der Waals surface area contributed by atoms with E-state index in [1.807, 2.05) is 6.07 Å². The molecule has 0 radical (unpaired) electrons. The number of hydrogen-bond donors (Lipinski definition) is 0. The first-order chi connectivity index (χ1) is 14.3. The normalized spacial score (nSPS) is 19.8. The van der Waals surface area contributed by atoms with Crippen molar-refractivity contribution >= 4 is 0 Å². The fourth-order valence-electron chi connectivity index (χ4n) is 4.52. The van der Waals surface area contributed by atoms with E-state index in [4.69, 9.17) is 0 Å². The Hall–Kier alpha value is -1.91. The van der Waals surface area contributed by atoms with Crippen LogP contribution in [0.2, 0.25) is 0 Å². The number of benzene rings is 2. The molecule has 0 bridgehead atoms. The third kappa shape index (κ3) is 5.83. The van der Waals surface area contributed by atoms with Gasteiger partial charge in [0.25, 0.3) is 0 Å². The van der Waals surface area contributed by atoms with Crippen LogP contribution in [0.1, 0.15) is 80.0 Å². The van der Waals surface area contributed by atoms with Crippen molar-refractivity contribution in [2.75, 3.05) is 0 Å². The van der Waals surface area contributed by atoms with Gasteiger partial charge in [0.05, 0.1) is 5.56 Å². The smallest absolute Gasteiger partial charge is 0.207 e. The summed E-state index contributed by atoms with van der Waals surface area (Å²) in [5.41, 5.74) is 0.696. The Bertz CT molecular complexity index is 832. The summed E-state index contributed by atoms with van der Waals surface area (Å²) in [5.74, 6) is -0.372. The molecule has 0 heterocycles. The van der Waals surface area contributed by atoms with Gasteiger partial charge in [-0.05, 0) is 85.3 Å². The molecule has 2 aromatic carbocycles. The quantitative estimate of drug-likeness (QED) is 0.393. The molecule has 1 aliphatic carbocycles. The fourth-order valence-corrected chi connectivity index (χ4v) is 4.52. The zero-order valence-corrected chi connectivity index (χ0v) is 17.4. The van der Waals surface area contributed by atoms with Gasteiger partial charge in [0.15, 0.2) is 0 Å². The first-order valence-electron chi connectivity index (χ1n) is 10.9. The summed E-state index contributed by atoms with van der Waals surface area (Å²) < 4.78 is 66.3. The average molecular weight is 424 g/mol. The van der Waals surface area contributed by atoms with Crippen molar-refractivity contribution in [3.05, 3.63) is 70.3 Å². The molecule has 0 nitrogen and oxygen atoms in total. The zero-order chi connectivity index (χ0) is 21.7. The Balaban J connectivity index is 1.58. The molecule has 0 saturated heterocycles. The van der Waals surface area contributed by atoms with E-state index in [-0.39, 0.29) is 12.2 Å². The van der Waals surface area contributed by atoms with Gasteiger partial charge in [-0.15, -0.1) is 0 Å². The molecule has 0 spiro atoms. The Labute approximate surface area is 175 Å². The van der Waals surface area contributed by atoms with Gasteiger partial charge in [-0.1, -0.05) is 44.4 Å². The van der Waals surface area contributed by atoms with Crippen LogP contribution in [0.4, 0.5) is 22.0 Å². The van der Waals surface area contributed by atoms with Gasteiger partial charge in [0.1, 0.15) is 11.6 Å². The lowest BCUT2D eigenvalue weighted by atomic mass is 9.77. The maximum atomic E-state index is 14.6. The molecule has 2 aromatic rings. The summed E-state index contributed by atoms with van der Waals surface area (Å²) in [6, 6.07) is 8.26. The van der Waals surface area contributed by atoms with E-state index in [0.717, 1.165) is 36.5 Å². The summed E-state index contributed by atoms with van der Waals surface area (Å²) in [4.78, 5) is 0. The minimum Gasteiger partial charge on any atom is -0.207 e. The average Bonchev–Trinajstić information content (AvgIpc) is 2.71. The molecular weight excluding hydrogens is 395 g/mol. The number of rotatable bonds is 7. The van der Waals surface area contributed by atoms with Crippen LogP contribution in [0.25, 0.3) is 0 Å². The molecule has 0 atom stereocenters. The maximum absolute atomic E-state index is 14.6. The maximum Gasteiger partial charge on any atom is 0.419 e. The van der Waals surface area contributed by atoms with E-state index in [2.05, 4.69) is 6.92 Å². The van der Waals surface area contributed by atoms with Gasteiger partial charge in [-0.2, -0.15) is 13.2 Å². The lowest BCUT2D eigenvalue weighted by molar-refractivity contribution is -0.140. The summed E-state index contributed by atoms with van der Waals surface area (Å²) in [6.45, 7) is 2.21. The molecular formula is C25H29F5. The van der Waals surface area contributed by atoms with Crippen molar-refractivity contribution in [2.24, 2.45) is 5.92 Å². The van der Waals surface area contributed by atoms with Crippen molar-refractivity contribution < 1.29 is 22.0 Å². The molecule has 164 valence electrons. The van der Waals surface area contributed by atoms with E-state index in [0.29, 0.717) is 23.5 Å². The molecule has 1 aliphatic rings. The van der Waals surface area contributed by atoms with E-state index >= 15 is 0 Å². The van der Waals surface area contributed by atoms with Crippen molar-refractivity contribution in [3.8, 4) is 0 Å². The van der Waals surface area contributed by atoms with Crippen LogP contribution in [0.5, 0.6) is 0 Å². The van der Waals surface area contributed by atoms with Gasteiger partial charge >= 0.3 is 6.18 Å². The molecule has 0 unspecified atom stereocenters. The minimum atomic E-state index is -4.71. The monoisotopic (exact) mass is 424 g/mol. The van der Waals surface area contributed by atoms with Crippen molar-refractivity contribution in [1.82, 2.24) is 0 Å². The summed E-state index contributed by atoms with van der Waals surface area (Å²) in [7, 11) is 0. The van der Waals surface area contributed by atoms with Crippen molar-refractivity contribution in [3.63, 3.8) is 0 Å². The van der Waals surface area contributed by atoms with Gasteiger partial charge in [-0.25, -0.2) is 8.78 Å². The fraction of sp³-hybridized carbons (Fsp3) is 0.520. The molecule has 30 heavy (non-hydrogen) atoms. The summed E-state index contributed by atoms with van der Waals surface area (Å²) >= 11 is 0. The second-order valence-electron chi connectivity index (χ2n) is 8.52. The predicted octanol–water partition coefficient (Wildman–Crippen LogP) is 8.23. The van der Waals surface area contributed by atoms with Gasteiger partial charge in [0.2, 0.25) is 0 Å². The Morgan fingerprint density at radius 2 is 1.60 bits per heavy atom. The van der Waals surface area contributed by atoms with Crippen molar-refractivity contribution in [2.45, 2.75) is 76.8 Å². The van der Waals surface area contributed by atoms with E-state index in [1.54, 1.807) is 12.1 Å². The third-order valence-corrected chi connectivity index (χ3v) is 6.38. The highest BCUT2D eigenvalue weighted by Crippen LogP contribution is 2.38. The lowest BCUT2D eigenvalue weighted by Crippen LogP contribution is -2.13. The predicted molar refractivity (Wildman–Crippen MR) is 109 cm³/mol. The Morgan fingerprint density at radius 3 is 2.20 bits per heavy atom. The highest BCUT2D eigenvalue weighted by molar-refractivity contribution is 5.30. The first-order valence-corrected chi connectivity index (χ1v) is 10.9. The van der Waals surface area contributed by atoms with Gasteiger partial charge < -0.3 is 0 Å². The van der Waals surface area contributed by atoms with E-state index in [9.17, 15) is 22.0 Å². The Kier molecular flexibility index (Phi) is 7.54. The Morgan fingerprint density at radius 1 is 0.867 bits per heavy atom. The van der Waals surface area contributed by atoms with Crippen LogP contribution < -0.4 is 0 Å². The molecule has 0 N–H and O–H groups in total. The second kappa shape index (κ2) is 9.93. The van der Waals surface area contributed by atoms with Crippen LogP contribution >= 0.6 is 0 Å². The molecule has 5 heteroatoms. The minimum absolute atomic E-state index is 0.284. The van der Waals surface area contributed by atoms with Crippen LogP contribution in [0.15, 0.2) is 36.4 Å². The number of unbranched alkanes of at least 4 members (excludes halogenated alkanes) is 1. The molecule has 1 saturated carbocycles. The first kappa shape index (κ1) is 22.8. The topological polar surface area (TPSA) is 0 Å². The van der Waals surface area contributed by atoms with Crippen molar-refractivity contribution in [1.29, 1.82) is 0 Å². The highest BCUT2D eigenvalue weighted by Gasteiger charge is 2.33. The van der Waals surface area contributed by atoms with Crippen LogP contribution in [0, 0.1) is 17.6 Å². The summed E-state index contributed by atoms with van der Waals surface area (Å²) in [5, 5.41) is 0. The highest BCUT2D eigenvalue weighted by atomic mass is 19.4. The SMILES string of the molecule is CCCCC1CCC(c2ccc(CCc3ccc(C(F)(F)F)c(F)c3)c(F)c2)CC1. The number of hydrogen-bond acceptors (Lipinski definition) is 0. The van der Waals surface area contributed by atoms with Gasteiger partial charge in [0, 0.05) is 0 Å². The van der Waals surface area contributed by atoms with E-state index in [1.165, 1.54) is 38.2 Å². The molecule has 0 aliphatic heterocycles. The lowest BCUT2D eigenvalue weighted by Gasteiger charge is -2.29. The third-order valence-electron chi connectivity index (χ3n) is 6.38. The molecule has 1 fully saturated rings. The van der Waals surface area contributed by atoms with E-state index < -0.39 is 17.6 Å². The molecule has 0 aromatic heterocycles. The number of alkyl halides is 3. The molecule has 0 amide bonds. The van der Waals surface area contributed by atoms with Crippen LogP contribution in [-0.4, -0.2) is 0 Å². The zero-order valence-electron chi connectivity index (χ0n) is 17.4. The van der Waals surface area contributed by atoms with Gasteiger partial charge in [-0.3, -0.25) is 0 Å². The second-order valence-corrected chi connectivity index (χ2v) is 8.52. The number of aryl methyl sites for hydroxylation is 2.